The Morgan fingerprint density at radius 2 is 2.40 bits per heavy atom. The van der Waals surface area contributed by atoms with Crippen molar-refractivity contribution in [1.82, 2.24) is 14.9 Å². The molecular formula is C16H17N3O. The number of pyridine rings is 2. The van der Waals surface area contributed by atoms with Crippen LogP contribution in [0.1, 0.15) is 24.1 Å². The van der Waals surface area contributed by atoms with Gasteiger partial charge < -0.3 is 4.90 Å². The molecule has 1 aliphatic heterocycles. The Morgan fingerprint density at radius 1 is 1.50 bits per heavy atom. The minimum absolute atomic E-state index is 0.196. The molecule has 1 amide bonds. The van der Waals surface area contributed by atoms with Crippen molar-refractivity contribution in [3.05, 3.63) is 48.3 Å². The van der Waals surface area contributed by atoms with Crippen LogP contribution in [0.4, 0.5) is 0 Å². The van der Waals surface area contributed by atoms with E-state index in [1.165, 1.54) is 0 Å². The van der Waals surface area contributed by atoms with E-state index >= 15 is 0 Å². The van der Waals surface area contributed by atoms with Crippen molar-refractivity contribution in [2.75, 3.05) is 6.54 Å². The maximum absolute atomic E-state index is 12.1. The Morgan fingerprint density at radius 3 is 3.25 bits per heavy atom. The third-order valence-corrected chi connectivity index (χ3v) is 3.65. The quantitative estimate of drug-likeness (QED) is 0.803. The first kappa shape index (κ1) is 12.8. The zero-order valence-electron chi connectivity index (χ0n) is 11.4. The van der Waals surface area contributed by atoms with Crippen molar-refractivity contribution in [1.29, 1.82) is 0 Å². The number of carbonyl (C=O) groups is 1. The predicted molar refractivity (Wildman–Crippen MR) is 78.1 cm³/mol. The smallest absolute Gasteiger partial charge is 0.223 e. The summed E-state index contributed by atoms with van der Waals surface area (Å²) >= 11 is 0. The van der Waals surface area contributed by atoms with Crippen molar-refractivity contribution in [2.24, 2.45) is 0 Å². The fourth-order valence-electron chi connectivity index (χ4n) is 2.56. The fraction of sp³-hybridized carbons (Fsp3) is 0.312. The second kappa shape index (κ2) is 5.41. The summed E-state index contributed by atoms with van der Waals surface area (Å²) in [7, 11) is 0. The molecule has 0 spiro atoms. The van der Waals surface area contributed by atoms with Gasteiger partial charge in [0, 0.05) is 43.2 Å². The van der Waals surface area contributed by atoms with Crippen molar-refractivity contribution in [3.8, 4) is 0 Å². The molecule has 20 heavy (non-hydrogen) atoms. The van der Waals surface area contributed by atoms with E-state index in [1.807, 2.05) is 17.0 Å². The summed E-state index contributed by atoms with van der Waals surface area (Å²) in [6.45, 7) is 5.06. The number of carbonyl (C=O) groups excluding carboxylic acids is 1. The van der Waals surface area contributed by atoms with Gasteiger partial charge in [0.1, 0.15) is 0 Å². The minimum atomic E-state index is 0.196. The third-order valence-electron chi connectivity index (χ3n) is 3.65. The first-order valence-corrected chi connectivity index (χ1v) is 6.90. The van der Waals surface area contributed by atoms with E-state index in [-0.39, 0.29) is 5.91 Å². The first-order chi connectivity index (χ1) is 9.78. The molecule has 3 rings (SSSR count). The Kier molecular flexibility index (Phi) is 3.46. The summed E-state index contributed by atoms with van der Waals surface area (Å²) in [6, 6.07) is 6.03. The molecule has 0 N–H and O–H groups in total. The number of hydrogen-bond acceptors (Lipinski definition) is 3. The Labute approximate surface area is 118 Å². The van der Waals surface area contributed by atoms with Crippen LogP contribution in [-0.2, 0) is 17.8 Å². The normalized spacial score (nSPS) is 14.1. The summed E-state index contributed by atoms with van der Waals surface area (Å²) in [5.74, 6) is 0.196. The van der Waals surface area contributed by atoms with E-state index in [9.17, 15) is 4.79 Å². The molecule has 0 aromatic carbocycles. The summed E-state index contributed by atoms with van der Waals surface area (Å²) in [5, 5.41) is 1.03. The summed E-state index contributed by atoms with van der Waals surface area (Å²) in [4.78, 5) is 22.9. The molecule has 2 aromatic rings. The lowest BCUT2D eigenvalue weighted by Gasteiger charge is -2.28. The van der Waals surface area contributed by atoms with E-state index in [0.29, 0.717) is 13.0 Å². The molecule has 0 radical (unpaired) electrons. The van der Waals surface area contributed by atoms with Gasteiger partial charge in [-0.15, -0.1) is 6.58 Å². The summed E-state index contributed by atoms with van der Waals surface area (Å²) < 4.78 is 0. The van der Waals surface area contributed by atoms with Gasteiger partial charge in [0.2, 0.25) is 5.91 Å². The summed E-state index contributed by atoms with van der Waals surface area (Å²) in [6.07, 6.45) is 5.64. The molecule has 4 nitrogen and oxygen atoms in total. The lowest BCUT2D eigenvalue weighted by atomic mass is 10.0. The maximum Gasteiger partial charge on any atom is 0.223 e. The largest absolute Gasteiger partial charge is 0.338 e. The van der Waals surface area contributed by atoms with Crippen molar-refractivity contribution in [3.63, 3.8) is 0 Å². The van der Waals surface area contributed by atoms with E-state index < -0.39 is 0 Å². The highest BCUT2D eigenvalue weighted by atomic mass is 16.2. The predicted octanol–water partition coefficient (Wildman–Crippen LogP) is 2.48. The van der Waals surface area contributed by atoms with Gasteiger partial charge in [0.05, 0.1) is 0 Å². The average Bonchev–Trinajstić information content (AvgIpc) is 2.50. The van der Waals surface area contributed by atoms with Gasteiger partial charge in [-0.2, -0.15) is 0 Å². The second-order valence-electron chi connectivity index (χ2n) is 5.04. The lowest BCUT2D eigenvalue weighted by molar-refractivity contribution is -0.132. The standard InChI is InChI=1S/C16H17N3O/c1-2-3-6-15(20)19-9-7-14-13(11-19)10-12-5-4-8-17-16(12)18-14/h2,4-5,8,10H,1,3,6-7,9,11H2. The molecule has 2 aromatic heterocycles. The molecule has 3 heterocycles. The number of fused-ring (bicyclic) bond motifs is 2. The number of aromatic nitrogens is 2. The van der Waals surface area contributed by atoms with Crippen LogP contribution in [-0.4, -0.2) is 27.3 Å². The van der Waals surface area contributed by atoms with Crippen molar-refractivity contribution >= 4 is 16.9 Å². The molecule has 102 valence electrons. The van der Waals surface area contributed by atoms with Gasteiger partial charge in [-0.1, -0.05) is 6.08 Å². The number of amides is 1. The number of hydrogen-bond donors (Lipinski definition) is 0. The molecule has 0 bridgehead atoms. The van der Waals surface area contributed by atoms with Crippen LogP contribution in [0.2, 0.25) is 0 Å². The number of rotatable bonds is 3. The molecule has 1 aliphatic rings. The minimum Gasteiger partial charge on any atom is -0.338 e. The van der Waals surface area contributed by atoms with Crippen LogP contribution in [0.3, 0.4) is 0 Å². The van der Waals surface area contributed by atoms with Crippen LogP contribution in [0.15, 0.2) is 37.1 Å². The van der Waals surface area contributed by atoms with Crippen LogP contribution >= 0.6 is 0 Å². The van der Waals surface area contributed by atoms with Crippen LogP contribution in [0.25, 0.3) is 11.0 Å². The van der Waals surface area contributed by atoms with Gasteiger partial charge >= 0.3 is 0 Å². The second-order valence-corrected chi connectivity index (χ2v) is 5.04. The van der Waals surface area contributed by atoms with Gasteiger partial charge in [0.25, 0.3) is 0 Å². The van der Waals surface area contributed by atoms with Gasteiger partial charge in [-0.25, -0.2) is 9.97 Å². The van der Waals surface area contributed by atoms with E-state index in [2.05, 4.69) is 22.6 Å². The lowest BCUT2D eigenvalue weighted by Crippen LogP contribution is -2.36. The van der Waals surface area contributed by atoms with E-state index in [0.717, 1.165) is 41.7 Å². The number of nitrogens with zero attached hydrogens (tertiary/aromatic N) is 3. The van der Waals surface area contributed by atoms with Crippen molar-refractivity contribution < 1.29 is 4.79 Å². The molecule has 0 atom stereocenters. The molecule has 0 saturated carbocycles. The van der Waals surface area contributed by atoms with Crippen molar-refractivity contribution in [2.45, 2.75) is 25.8 Å². The fourth-order valence-corrected chi connectivity index (χ4v) is 2.56. The van der Waals surface area contributed by atoms with Gasteiger partial charge in [0.15, 0.2) is 5.65 Å². The Balaban J connectivity index is 1.85. The van der Waals surface area contributed by atoms with Gasteiger partial charge in [-0.05, 0) is 30.2 Å². The molecule has 0 unspecified atom stereocenters. The number of allylic oxidation sites excluding steroid dienone is 1. The highest BCUT2D eigenvalue weighted by Crippen LogP contribution is 2.22. The monoisotopic (exact) mass is 267 g/mol. The Bertz CT molecular complexity index is 666. The van der Waals surface area contributed by atoms with Crippen LogP contribution < -0.4 is 0 Å². The van der Waals surface area contributed by atoms with E-state index in [4.69, 9.17) is 0 Å². The van der Waals surface area contributed by atoms with E-state index in [1.54, 1.807) is 12.3 Å². The maximum atomic E-state index is 12.1. The SMILES string of the molecule is C=CCCC(=O)N1CCc2nc3ncccc3cc2C1. The highest BCUT2D eigenvalue weighted by molar-refractivity contribution is 5.78. The molecule has 0 aliphatic carbocycles. The van der Waals surface area contributed by atoms with Crippen LogP contribution in [0, 0.1) is 0 Å². The molecule has 4 heteroatoms. The Hall–Kier alpha value is -2.23. The zero-order valence-corrected chi connectivity index (χ0v) is 11.4. The molecular weight excluding hydrogens is 250 g/mol. The highest BCUT2D eigenvalue weighted by Gasteiger charge is 2.21. The zero-order chi connectivity index (χ0) is 13.9. The third kappa shape index (κ3) is 2.41. The molecule has 0 fully saturated rings. The first-order valence-electron chi connectivity index (χ1n) is 6.90. The summed E-state index contributed by atoms with van der Waals surface area (Å²) in [5.41, 5.74) is 3.00. The van der Waals surface area contributed by atoms with Crippen LogP contribution in [0.5, 0.6) is 0 Å². The molecule has 0 saturated heterocycles. The topological polar surface area (TPSA) is 46.1 Å². The van der Waals surface area contributed by atoms with Gasteiger partial charge in [-0.3, -0.25) is 4.79 Å². The average molecular weight is 267 g/mol.